The molecule has 6 nitrogen and oxygen atoms in total. The molecule has 2 aliphatic rings. The SMILES string of the molecule is COCCc1nc([C@@H]2CNCCO2)n(C2CCCCC2)n1. The third kappa shape index (κ3) is 3.62. The second-order valence-electron chi connectivity index (χ2n) is 5.93. The van der Waals surface area contributed by atoms with Crippen molar-refractivity contribution in [2.24, 2.45) is 0 Å². The molecule has 6 heteroatoms. The first kappa shape index (κ1) is 14.9. The van der Waals surface area contributed by atoms with Crippen molar-refractivity contribution < 1.29 is 9.47 Å². The number of hydrogen-bond acceptors (Lipinski definition) is 5. The number of morpholine rings is 1. The Balaban J connectivity index is 1.81. The highest BCUT2D eigenvalue weighted by atomic mass is 16.5. The van der Waals surface area contributed by atoms with Crippen LogP contribution < -0.4 is 5.32 Å². The van der Waals surface area contributed by atoms with Crippen LogP contribution in [0.15, 0.2) is 0 Å². The molecule has 1 aliphatic heterocycles. The van der Waals surface area contributed by atoms with E-state index in [0.29, 0.717) is 12.6 Å². The van der Waals surface area contributed by atoms with Gasteiger partial charge in [-0.2, -0.15) is 5.10 Å². The highest BCUT2D eigenvalue weighted by Gasteiger charge is 2.27. The fraction of sp³-hybridized carbons (Fsp3) is 0.867. The van der Waals surface area contributed by atoms with Gasteiger partial charge in [0, 0.05) is 26.6 Å². The highest BCUT2D eigenvalue weighted by molar-refractivity contribution is 5.01. The first-order valence-electron chi connectivity index (χ1n) is 8.15. The summed E-state index contributed by atoms with van der Waals surface area (Å²) in [6.07, 6.45) is 7.15. The average Bonchev–Trinajstić information content (AvgIpc) is 2.99. The van der Waals surface area contributed by atoms with E-state index in [-0.39, 0.29) is 6.10 Å². The summed E-state index contributed by atoms with van der Waals surface area (Å²) < 4.78 is 13.2. The summed E-state index contributed by atoms with van der Waals surface area (Å²) >= 11 is 0. The standard InChI is InChI=1S/C15H26N4O2/c1-20-9-7-14-17-15(13-11-16-8-10-21-13)19(18-14)12-5-3-2-4-6-12/h12-13,16H,2-11H2,1H3/t13-/m0/s1. The summed E-state index contributed by atoms with van der Waals surface area (Å²) in [5.74, 6) is 1.88. The molecule has 1 saturated carbocycles. The summed E-state index contributed by atoms with van der Waals surface area (Å²) in [5.41, 5.74) is 0. The zero-order valence-electron chi connectivity index (χ0n) is 12.9. The van der Waals surface area contributed by atoms with Crippen molar-refractivity contribution in [2.75, 3.05) is 33.4 Å². The van der Waals surface area contributed by atoms with E-state index in [9.17, 15) is 0 Å². The Kier molecular flexibility index (Phi) is 5.22. The van der Waals surface area contributed by atoms with Gasteiger partial charge in [0.2, 0.25) is 0 Å². The maximum absolute atomic E-state index is 5.90. The maximum Gasteiger partial charge on any atom is 0.157 e. The monoisotopic (exact) mass is 294 g/mol. The molecule has 21 heavy (non-hydrogen) atoms. The zero-order chi connectivity index (χ0) is 14.5. The van der Waals surface area contributed by atoms with Gasteiger partial charge >= 0.3 is 0 Å². The van der Waals surface area contributed by atoms with Crippen LogP contribution in [0.1, 0.15) is 55.9 Å². The second kappa shape index (κ2) is 7.33. The van der Waals surface area contributed by atoms with Crippen molar-refractivity contribution in [3.63, 3.8) is 0 Å². The Labute approximate surface area is 126 Å². The molecule has 118 valence electrons. The van der Waals surface area contributed by atoms with Gasteiger partial charge in [-0.15, -0.1) is 0 Å². The number of methoxy groups -OCH3 is 1. The average molecular weight is 294 g/mol. The van der Waals surface area contributed by atoms with E-state index < -0.39 is 0 Å². The second-order valence-corrected chi connectivity index (χ2v) is 5.93. The smallest absolute Gasteiger partial charge is 0.157 e. The van der Waals surface area contributed by atoms with Gasteiger partial charge in [0.15, 0.2) is 11.6 Å². The molecule has 1 aromatic heterocycles. The number of ether oxygens (including phenoxy) is 2. The Hall–Kier alpha value is -0.980. The van der Waals surface area contributed by atoms with Crippen molar-refractivity contribution in [2.45, 2.75) is 50.7 Å². The molecule has 3 rings (SSSR count). The molecule has 2 fully saturated rings. The van der Waals surface area contributed by atoms with Crippen LogP contribution in [0.2, 0.25) is 0 Å². The van der Waals surface area contributed by atoms with Crippen molar-refractivity contribution in [1.82, 2.24) is 20.1 Å². The van der Waals surface area contributed by atoms with E-state index in [1.165, 1.54) is 32.1 Å². The molecule has 0 unspecified atom stereocenters. The predicted molar refractivity (Wildman–Crippen MR) is 79.3 cm³/mol. The summed E-state index contributed by atoms with van der Waals surface area (Å²) in [5, 5.41) is 8.15. The number of nitrogens with one attached hydrogen (secondary N) is 1. The van der Waals surface area contributed by atoms with Crippen molar-refractivity contribution in [1.29, 1.82) is 0 Å². The van der Waals surface area contributed by atoms with Crippen molar-refractivity contribution in [3.05, 3.63) is 11.6 Å². The molecule has 0 amide bonds. The van der Waals surface area contributed by atoms with Crippen LogP contribution in [-0.4, -0.2) is 48.2 Å². The highest BCUT2D eigenvalue weighted by Crippen LogP contribution is 2.30. The van der Waals surface area contributed by atoms with Crippen LogP contribution >= 0.6 is 0 Å². The molecule has 0 radical (unpaired) electrons. The van der Waals surface area contributed by atoms with E-state index in [1.807, 2.05) is 0 Å². The Bertz CT molecular complexity index is 401. The van der Waals surface area contributed by atoms with Gasteiger partial charge in [-0.1, -0.05) is 19.3 Å². The maximum atomic E-state index is 5.90. The molecule has 0 bridgehead atoms. The van der Waals surface area contributed by atoms with Gasteiger partial charge in [-0.25, -0.2) is 9.67 Å². The lowest BCUT2D eigenvalue weighted by atomic mass is 9.95. The number of aromatic nitrogens is 3. The Morgan fingerprint density at radius 2 is 2.19 bits per heavy atom. The van der Waals surface area contributed by atoms with Gasteiger partial charge in [0.25, 0.3) is 0 Å². The minimum absolute atomic E-state index is 0.0319. The lowest BCUT2D eigenvalue weighted by molar-refractivity contribution is 0.0176. The normalized spacial score (nSPS) is 24.3. The molecule has 2 heterocycles. The molecule has 1 N–H and O–H groups in total. The first-order chi connectivity index (χ1) is 10.4. The van der Waals surface area contributed by atoms with Gasteiger partial charge in [0.1, 0.15) is 6.10 Å². The van der Waals surface area contributed by atoms with E-state index in [0.717, 1.165) is 37.8 Å². The van der Waals surface area contributed by atoms with Crippen LogP contribution in [0.3, 0.4) is 0 Å². The zero-order valence-corrected chi connectivity index (χ0v) is 12.9. The Morgan fingerprint density at radius 3 is 2.90 bits per heavy atom. The molecule has 1 aliphatic carbocycles. The minimum atomic E-state index is 0.0319. The largest absolute Gasteiger partial charge is 0.384 e. The fourth-order valence-electron chi connectivity index (χ4n) is 3.23. The molecule has 0 spiro atoms. The number of rotatable bonds is 5. The summed E-state index contributed by atoms with van der Waals surface area (Å²) in [6.45, 7) is 3.16. The summed E-state index contributed by atoms with van der Waals surface area (Å²) in [4.78, 5) is 4.75. The fourth-order valence-corrected chi connectivity index (χ4v) is 3.23. The molecule has 0 aromatic carbocycles. The van der Waals surface area contributed by atoms with E-state index in [2.05, 4.69) is 10.00 Å². The number of hydrogen-bond donors (Lipinski definition) is 1. The molecule has 1 saturated heterocycles. The summed E-state index contributed by atoms with van der Waals surface area (Å²) in [6, 6.07) is 0.489. The first-order valence-corrected chi connectivity index (χ1v) is 8.15. The topological polar surface area (TPSA) is 61.2 Å². The van der Waals surface area contributed by atoms with Gasteiger partial charge in [0.05, 0.1) is 19.3 Å². The predicted octanol–water partition coefficient (Wildman–Crippen LogP) is 1.63. The molecule has 1 atom stereocenters. The van der Waals surface area contributed by atoms with Crippen molar-refractivity contribution in [3.8, 4) is 0 Å². The minimum Gasteiger partial charge on any atom is -0.384 e. The van der Waals surface area contributed by atoms with Crippen molar-refractivity contribution >= 4 is 0 Å². The third-order valence-electron chi connectivity index (χ3n) is 4.37. The van der Waals surface area contributed by atoms with Gasteiger partial charge in [-0.3, -0.25) is 0 Å². The van der Waals surface area contributed by atoms with E-state index >= 15 is 0 Å². The number of nitrogens with zero attached hydrogens (tertiary/aromatic N) is 3. The molecule has 1 aromatic rings. The lowest BCUT2D eigenvalue weighted by Gasteiger charge is -2.27. The van der Waals surface area contributed by atoms with Crippen LogP contribution in [0.4, 0.5) is 0 Å². The molecular formula is C15H26N4O2. The van der Waals surface area contributed by atoms with Crippen LogP contribution in [-0.2, 0) is 15.9 Å². The van der Waals surface area contributed by atoms with Crippen LogP contribution in [0.5, 0.6) is 0 Å². The van der Waals surface area contributed by atoms with Crippen LogP contribution in [0.25, 0.3) is 0 Å². The van der Waals surface area contributed by atoms with Crippen LogP contribution in [0, 0.1) is 0 Å². The van der Waals surface area contributed by atoms with Gasteiger partial charge < -0.3 is 14.8 Å². The Morgan fingerprint density at radius 1 is 1.33 bits per heavy atom. The van der Waals surface area contributed by atoms with E-state index in [1.54, 1.807) is 7.11 Å². The quantitative estimate of drug-likeness (QED) is 0.894. The summed E-state index contributed by atoms with van der Waals surface area (Å²) in [7, 11) is 1.72. The van der Waals surface area contributed by atoms with Gasteiger partial charge in [-0.05, 0) is 12.8 Å². The van der Waals surface area contributed by atoms with E-state index in [4.69, 9.17) is 19.6 Å². The lowest BCUT2D eigenvalue weighted by Crippen LogP contribution is -2.35. The third-order valence-corrected chi connectivity index (χ3v) is 4.37. The molecular weight excluding hydrogens is 268 g/mol.